The zero-order chi connectivity index (χ0) is 24.0. The van der Waals surface area contributed by atoms with Gasteiger partial charge in [0.2, 0.25) is 0 Å². The van der Waals surface area contributed by atoms with Gasteiger partial charge in [-0.3, -0.25) is 9.10 Å². The van der Waals surface area contributed by atoms with E-state index in [0.717, 1.165) is 21.2 Å². The molecule has 1 amide bonds. The minimum absolute atomic E-state index is 0.171. The molecule has 3 aromatic rings. The molecule has 174 valence electrons. The van der Waals surface area contributed by atoms with Crippen LogP contribution in [0.3, 0.4) is 0 Å². The Hall–Kier alpha value is -2.19. The van der Waals surface area contributed by atoms with Crippen molar-refractivity contribution in [2.45, 2.75) is 17.6 Å². The highest BCUT2D eigenvalue weighted by Gasteiger charge is 2.24. The van der Waals surface area contributed by atoms with E-state index in [1.807, 2.05) is 19.1 Å². The number of para-hydroxylation sites is 1. The average Bonchev–Trinajstić information content (AvgIpc) is 2.80. The van der Waals surface area contributed by atoms with Crippen LogP contribution in [0.2, 0.25) is 10.0 Å². The van der Waals surface area contributed by atoms with Crippen LogP contribution in [0.5, 0.6) is 0 Å². The van der Waals surface area contributed by atoms with Crippen molar-refractivity contribution >= 4 is 56.6 Å². The molecule has 0 saturated heterocycles. The molecule has 0 heterocycles. The number of carbonyl (C=O) groups excluding carboxylic acids is 1. The molecule has 0 saturated carbocycles. The first-order valence-electron chi connectivity index (χ1n) is 10.1. The zero-order valence-corrected chi connectivity index (χ0v) is 21.4. The minimum atomic E-state index is -3.80. The maximum absolute atomic E-state index is 13.1. The van der Waals surface area contributed by atoms with Gasteiger partial charge < -0.3 is 5.32 Å². The van der Waals surface area contributed by atoms with Crippen LogP contribution in [0, 0.1) is 6.92 Å². The normalized spacial score (nSPS) is 11.3. The number of benzene rings is 3. The maximum Gasteiger partial charge on any atom is 0.264 e. The lowest BCUT2D eigenvalue weighted by molar-refractivity contribution is 0.0957. The van der Waals surface area contributed by atoms with Gasteiger partial charge in [-0.25, -0.2) is 8.42 Å². The highest BCUT2D eigenvalue weighted by atomic mass is 35.5. The van der Waals surface area contributed by atoms with Gasteiger partial charge in [0, 0.05) is 25.1 Å². The van der Waals surface area contributed by atoms with Crippen LogP contribution in [-0.4, -0.2) is 33.7 Å². The Morgan fingerprint density at radius 3 is 2.39 bits per heavy atom. The third kappa shape index (κ3) is 6.44. The smallest absolute Gasteiger partial charge is 0.264 e. The minimum Gasteiger partial charge on any atom is -0.351 e. The van der Waals surface area contributed by atoms with Crippen molar-refractivity contribution in [2.24, 2.45) is 0 Å². The van der Waals surface area contributed by atoms with Crippen molar-refractivity contribution in [1.29, 1.82) is 0 Å². The molecule has 0 unspecified atom stereocenters. The SMILES string of the molecule is Cc1ccc(S(=O)(=O)N(C)c2ccccc2C(=O)NCCSCc2ccc(Cl)c(Cl)c2)cc1. The van der Waals surface area contributed by atoms with Gasteiger partial charge in [0.15, 0.2) is 0 Å². The second-order valence-electron chi connectivity index (χ2n) is 7.36. The number of halogens is 2. The summed E-state index contributed by atoms with van der Waals surface area (Å²) >= 11 is 13.6. The van der Waals surface area contributed by atoms with Gasteiger partial charge in [-0.2, -0.15) is 11.8 Å². The van der Waals surface area contributed by atoms with E-state index < -0.39 is 10.0 Å². The van der Waals surface area contributed by atoms with Gasteiger partial charge in [0.1, 0.15) is 0 Å². The second-order valence-corrected chi connectivity index (χ2v) is 11.2. The van der Waals surface area contributed by atoms with E-state index in [-0.39, 0.29) is 10.8 Å². The van der Waals surface area contributed by atoms with E-state index in [1.54, 1.807) is 66.4 Å². The van der Waals surface area contributed by atoms with E-state index in [9.17, 15) is 13.2 Å². The summed E-state index contributed by atoms with van der Waals surface area (Å²) in [5, 5.41) is 3.91. The highest BCUT2D eigenvalue weighted by Crippen LogP contribution is 2.26. The number of nitrogens with zero attached hydrogens (tertiary/aromatic N) is 1. The van der Waals surface area contributed by atoms with E-state index in [0.29, 0.717) is 33.6 Å². The Kier molecular flexibility index (Phi) is 8.70. The molecule has 0 radical (unpaired) electrons. The number of sulfonamides is 1. The molecule has 3 aromatic carbocycles. The van der Waals surface area contributed by atoms with Crippen molar-refractivity contribution in [3.63, 3.8) is 0 Å². The number of hydrogen-bond acceptors (Lipinski definition) is 4. The monoisotopic (exact) mass is 522 g/mol. The third-order valence-corrected chi connectivity index (χ3v) is 8.51. The molecule has 3 rings (SSSR count). The Bertz CT molecular complexity index is 1230. The standard InChI is InChI=1S/C24H24Cl2N2O3S2/c1-17-7-10-19(11-8-17)33(30,31)28(2)23-6-4-3-5-20(23)24(29)27-13-14-32-16-18-9-12-21(25)22(26)15-18/h3-12,15H,13-14,16H2,1-2H3,(H,27,29). The summed E-state index contributed by atoms with van der Waals surface area (Å²) in [5.74, 6) is 1.10. The zero-order valence-electron chi connectivity index (χ0n) is 18.2. The molecule has 0 aliphatic rings. The molecule has 5 nitrogen and oxygen atoms in total. The Labute approximate surface area is 209 Å². The number of rotatable bonds is 9. The average molecular weight is 524 g/mol. The number of aryl methyl sites for hydroxylation is 1. The lowest BCUT2D eigenvalue weighted by atomic mass is 10.1. The van der Waals surface area contributed by atoms with Crippen LogP contribution in [0.4, 0.5) is 5.69 Å². The largest absolute Gasteiger partial charge is 0.351 e. The summed E-state index contributed by atoms with van der Waals surface area (Å²) in [7, 11) is -2.35. The molecule has 0 aliphatic carbocycles. The summed E-state index contributed by atoms with van der Waals surface area (Å²) < 4.78 is 27.3. The summed E-state index contributed by atoms with van der Waals surface area (Å²) in [4.78, 5) is 13.0. The van der Waals surface area contributed by atoms with Crippen molar-refractivity contribution in [2.75, 3.05) is 23.7 Å². The number of anilines is 1. The number of carbonyl (C=O) groups is 1. The first-order valence-corrected chi connectivity index (χ1v) is 13.5. The predicted molar refractivity (Wildman–Crippen MR) is 138 cm³/mol. The van der Waals surface area contributed by atoms with E-state index in [1.165, 1.54) is 7.05 Å². The fraction of sp³-hybridized carbons (Fsp3) is 0.208. The van der Waals surface area contributed by atoms with Crippen LogP contribution in [0.15, 0.2) is 71.6 Å². The predicted octanol–water partition coefficient (Wildman–Crippen LogP) is 5.79. The van der Waals surface area contributed by atoms with Crippen LogP contribution < -0.4 is 9.62 Å². The van der Waals surface area contributed by atoms with Gasteiger partial charge in [-0.05, 0) is 48.9 Å². The molecular formula is C24H24Cl2N2O3S2. The Morgan fingerprint density at radius 2 is 1.70 bits per heavy atom. The first-order chi connectivity index (χ1) is 15.7. The third-order valence-electron chi connectivity index (χ3n) is 4.95. The summed E-state index contributed by atoms with van der Waals surface area (Å²) in [5.41, 5.74) is 2.63. The quantitative estimate of drug-likeness (QED) is 0.361. The lowest BCUT2D eigenvalue weighted by Crippen LogP contribution is -2.31. The van der Waals surface area contributed by atoms with Crippen molar-refractivity contribution in [3.8, 4) is 0 Å². The second kappa shape index (κ2) is 11.3. The van der Waals surface area contributed by atoms with Crippen LogP contribution in [0.25, 0.3) is 0 Å². The Morgan fingerprint density at radius 1 is 1.00 bits per heavy atom. The van der Waals surface area contributed by atoms with Crippen molar-refractivity contribution in [3.05, 3.63) is 93.5 Å². The van der Waals surface area contributed by atoms with E-state index in [2.05, 4.69) is 5.32 Å². The van der Waals surface area contributed by atoms with Gasteiger partial charge in [-0.1, -0.05) is 59.1 Å². The fourth-order valence-corrected chi connectivity index (χ4v) is 5.43. The van der Waals surface area contributed by atoms with E-state index in [4.69, 9.17) is 23.2 Å². The molecule has 0 aromatic heterocycles. The molecule has 0 aliphatic heterocycles. The Balaban J connectivity index is 1.62. The molecule has 9 heteroatoms. The maximum atomic E-state index is 13.1. The molecule has 0 atom stereocenters. The van der Waals surface area contributed by atoms with Crippen LogP contribution >= 0.6 is 35.0 Å². The number of amides is 1. The molecular weight excluding hydrogens is 499 g/mol. The fourth-order valence-electron chi connectivity index (χ4n) is 3.09. The van der Waals surface area contributed by atoms with Gasteiger partial charge in [0.05, 0.1) is 26.2 Å². The molecule has 33 heavy (non-hydrogen) atoms. The molecule has 0 spiro atoms. The van der Waals surface area contributed by atoms with E-state index >= 15 is 0 Å². The first kappa shape index (κ1) is 25.4. The number of thioether (sulfide) groups is 1. The van der Waals surface area contributed by atoms with Crippen molar-refractivity contribution in [1.82, 2.24) is 5.32 Å². The lowest BCUT2D eigenvalue weighted by Gasteiger charge is -2.22. The summed E-state index contributed by atoms with van der Waals surface area (Å²) in [6.07, 6.45) is 0. The highest BCUT2D eigenvalue weighted by molar-refractivity contribution is 7.98. The molecule has 1 N–H and O–H groups in total. The van der Waals surface area contributed by atoms with Gasteiger partial charge >= 0.3 is 0 Å². The van der Waals surface area contributed by atoms with Gasteiger partial charge in [-0.15, -0.1) is 0 Å². The topological polar surface area (TPSA) is 66.5 Å². The molecule has 0 bridgehead atoms. The van der Waals surface area contributed by atoms with Crippen LogP contribution in [-0.2, 0) is 15.8 Å². The number of nitrogens with one attached hydrogen (secondary N) is 1. The number of hydrogen-bond donors (Lipinski definition) is 1. The molecule has 0 fully saturated rings. The summed E-state index contributed by atoms with van der Waals surface area (Å²) in [6, 6.07) is 18.8. The summed E-state index contributed by atoms with van der Waals surface area (Å²) in [6.45, 7) is 2.33. The van der Waals surface area contributed by atoms with Gasteiger partial charge in [0.25, 0.3) is 15.9 Å². The van der Waals surface area contributed by atoms with Crippen molar-refractivity contribution < 1.29 is 13.2 Å². The van der Waals surface area contributed by atoms with Crippen LogP contribution in [0.1, 0.15) is 21.5 Å².